The van der Waals surface area contributed by atoms with Gasteiger partial charge < -0.3 is 5.32 Å². The molecule has 1 aliphatic rings. The Morgan fingerprint density at radius 1 is 1.06 bits per heavy atom. The van der Waals surface area contributed by atoms with Gasteiger partial charge in [0.2, 0.25) is 5.91 Å². The second-order valence-electron chi connectivity index (χ2n) is 7.59. The third kappa shape index (κ3) is 5.11. The van der Waals surface area contributed by atoms with Crippen LogP contribution >= 0.6 is 22.9 Å². The van der Waals surface area contributed by atoms with Gasteiger partial charge in [-0.2, -0.15) is 0 Å². The second-order valence-corrected chi connectivity index (χ2v) is 13.2. The van der Waals surface area contributed by atoms with Gasteiger partial charge in [-0.15, -0.1) is 11.3 Å². The summed E-state index contributed by atoms with van der Waals surface area (Å²) < 4.78 is 64.8. The largest absolute Gasteiger partial charge is 0.333 e. The highest BCUT2D eigenvalue weighted by Gasteiger charge is 2.34. The van der Waals surface area contributed by atoms with Crippen molar-refractivity contribution in [1.82, 2.24) is 4.72 Å². The standard InChI is InChI=1S/C21H15ClFN3O7S3/c1-35(30,31)13-4-2-11-8-18(27)26(20(28)14(11)10-13)16-5-3-12(9-15(16)23)24-21(29)25-36(32,33)19-7-6-17(22)34-19/h2-7,9-10H,8H2,1H3,(H2,24,25,29). The molecule has 15 heteroatoms. The van der Waals surface area contributed by atoms with Crippen LogP contribution in [0.4, 0.5) is 20.6 Å². The Kier molecular flexibility index (Phi) is 6.64. The lowest BCUT2D eigenvalue weighted by atomic mass is 9.98. The number of hydrogen-bond donors (Lipinski definition) is 2. The quantitative estimate of drug-likeness (QED) is 0.447. The van der Waals surface area contributed by atoms with Crippen molar-refractivity contribution in [1.29, 1.82) is 0 Å². The lowest BCUT2D eigenvalue weighted by Crippen LogP contribution is -2.43. The number of nitrogens with one attached hydrogen (secondary N) is 2. The first-order valence-corrected chi connectivity index (χ1v) is 14.4. The molecule has 10 nitrogen and oxygen atoms in total. The summed E-state index contributed by atoms with van der Waals surface area (Å²) in [6.07, 6.45) is 0.699. The Bertz CT molecular complexity index is 1650. The van der Waals surface area contributed by atoms with E-state index in [1.807, 2.05) is 0 Å². The molecule has 2 aromatic carbocycles. The Balaban J connectivity index is 1.56. The molecule has 4 amide bonds. The fraction of sp³-hybridized carbons (Fsp3) is 0.0952. The number of carbonyl (C=O) groups excluding carboxylic acids is 3. The molecular weight excluding hydrogens is 557 g/mol. The summed E-state index contributed by atoms with van der Waals surface area (Å²) in [6, 6.07) is 8.16. The average molecular weight is 572 g/mol. The maximum absolute atomic E-state index is 14.9. The topological polar surface area (TPSA) is 147 Å². The van der Waals surface area contributed by atoms with Crippen LogP contribution in [0, 0.1) is 5.82 Å². The summed E-state index contributed by atoms with van der Waals surface area (Å²) >= 11 is 6.44. The molecule has 188 valence electrons. The molecule has 1 aliphatic heterocycles. The molecule has 0 unspecified atom stereocenters. The number of sulfone groups is 1. The summed E-state index contributed by atoms with van der Waals surface area (Å²) in [5.74, 6) is -2.72. The Morgan fingerprint density at radius 3 is 2.39 bits per heavy atom. The zero-order valence-corrected chi connectivity index (χ0v) is 21.3. The molecule has 0 bridgehead atoms. The van der Waals surface area contributed by atoms with Crippen molar-refractivity contribution in [3.63, 3.8) is 0 Å². The number of halogens is 2. The lowest BCUT2D eigenvalue weighted by molar-refractivity contribution is -0.117. The van der Waals surface area contributed by atoms with Gasteiger partial charge in [-0.3, -0.25) is 9.59 Å². The first-order valence-electron chi connectivity index (χ1n) is 9.85. The van der Waals surface area contributed by atoms with Gasteiger partial charge in [0, 0.05) is 17.5 Å². The average Bonchev–Trinajstić information content (AvgIpc) is 3.21. The molecule has 36 heavy (non-hydrogen) atoms. The molecule has 1 aromatic heterocycles. The number of sulfonamides is 1. The number of hydrogen-bond acceptors (Lipinski definition) is 8. The molecule has 2 heterocycles. The number of imide groups is 1. The number of fused-ring (bicyclic) bond motifs is 1. The molecule has 4 rings (SSSR count). The molecule has 0 fully saturated rings. The van der Waals surface area contributed by atoms with E-state index in [-0.39, 0.29) is 31.1 Å². The highest BCUT2D eigenvalue weighted by atomic mass is 35.5. The number of anilines is 2. The van der Waals surface area contributed by atoms with Gasteiger partial charge in [0.25, 0.3) is 15.9 Å². The first-order chi connectivity index (χ1) is 16.8. The number of urea groups is 1. The van der Waals surface area contributed by atoms with E-state index in [4.69, 9.17) is 11.6 Å². The number of nitrogens with zero attached hydrogens (tertiary/aromatic N) is 1. The van der Waals surface area contributed by atoms with Crippen LogP contribution in [0.15, 0.2) is 57.6 Å². The fourth-order valence-electron chi connectivity index (χ4n) is 3.40. The van der Waals surface area contributed by atoms with Crippen LogP contribution < -0.4 is 14.9 Å². The number of thiophene rings is 1. The van der Waals surface area contributed by atoms with Gasteiger partial charge in [0.05, 0.1) is 21.3 Å². The van der Waals surface area contributed by atoms with Gasteiger partial charge in [-0.05, 0) is 48.0 Å². The van der Waals surface area contributed by atoms with Crippen LogP contribution in [0.2, 0.25) is 4.34 Å². The van der Waals surface area contributed by atoms with Crippen LogP contribution in [-0.4, -0.2) is 40.9 Å². The summed E-state index contributed by atoms with van der Waals surface area (Å²) in [5.41, 5.74) is -0.341. The minimum atomic E-state index is -4.21. The van der Waals surface area contributed by atoms with E-state index in [0.717, 1.165) is 41.9 Å². The monoisotopic (exact) mass is 571 g/mol. The molecule has 2 N–H and O–H groups in total. The normalized spacial score (nSPS) is 13.9. The Labute approximate surface area is 213 Å². The first kappa shape index (κ1) is 25.8. The predicted octanol–water partition coefficient (Wildman–Crippen LogP) is 3.18. The predicted molar refractivity (Wildman–Crippen MR) is 130 cm³/mol. The summed E-state index contributed by atoms with van der Waals surface area (Å²) in [6.45, 7) is 0. The smallest absolute Gasteiger partial charge is 0.307 e. The Hall–Kier alpha value is -3.33. The van der Waals surface area contributed by atoms with E-state index < -0.39 is 49.2 Å². The van der Waals surface area contributed by atoms with Crippen LogP contribution in [-0.2, 0) is 31.1 Å². The van der Waals surface area contributed by atoms with Crippen molar-refractivity contribution in [2.45, 2.75) is 15.5 Å². The third-order valence-electron chi connectivity index (χ3n) is 5.02. The molecule has 0 atom stereocenters. The molecule has 3 aromatic rings. The van der Waals surface area contributed by atoms with E-state index in [0.29, 0.717) is 10.5 Å². The van der Waals surface area contributed by atoms with Crippen molar-refractivity contribution in [2.24, 2.45) is 0 Å². The van der Waals surface area contributed by atoms with Crippen molar-refractivity contribution < 1.29 is 35.6 Å². The SMILES string of the molecule is CS(=O)(=O)c1ccc2c(c1)C(=O)N(c1ccc(NC(=O)NS(=O)(=O)c3ccc(Cl)s3)cc1F)C(=O)C2. The van der Waals surface area contributed by atoms with Gasteiger partial charge in [0.1, 0.15) is 10.0 Å². The van der Waals surface area contributed by atoms with E-state index in [1.54, 1.807) is 4.72 Å². The van der Waals surface area contributed by atoms with Gasteiger partial charge in [0.15, 0.2) is 9.84 Å². The number of rotatable bonds is 5. The number of carbonyl (C=O) groups is 3. The van der Waals surface area contributed by atoms with E-state index in [1.165, 1.54) is 24.3 Å². The highest BCUT2D eigenvalue weighted by Crippen LogP contribution is 2.31. The van der Waals surface area contributed by atoms with E-state index in [2.05, 4.69) is 5.32 Å². The van der Waals surface area contributed by atoms with Crippen molar-refractivity contribution >= 4 is 72.0 Å². The molecule has 0 saturated heterocycles. The fourth-order valence-corrected chi connectivity index (χ4v) is 6.43. The van der Waals surface area contributed by atoms with Gasteiger partial charge >= 0.3 is 6.03 Å². The minimum absolute atomic E-state index is 0.0580. The van der Waals surface area contributed by atoms with Crippen LogP contribution in [0.5, 0.6) is 0 Å². The Morgan fingerprint density at radius 2 is 1.78 bits per heavy atom. The van der Waals surface area contributed by atoms with Crippen molar-refractivity contribution in [3.05, 3.63) is 69.8 Å². The maximum atomic E-state index is 14.9. The zero-order valence-electron chi connectivity index (χ0n) is 18.1. The zero-order chi connectivity index (χ0) is 26.4. The number of benzene rings is 2. The summed E-state index contributed by atoms with van der Waals surface area (Å²) in [4.78, 5) is 38.2. The van der Waals surface area contributed by atoms with E-state index >= 15 is 0 Å². The second kappa shape index (κ2) is 9.28. The molecule has 0 aliphatic carbocycles. The highest BCUT2D eigenvalue weighted by molar-refractivity contribution is 7.92. The summed E-state index contributed by atoms with van der Waals surface area (Å²) in [7, 11) is -7.85. The van der Waals surface area contributed by atoms with Gasteiger partial charge in [-0.25, -0.2) is 35.6 Å². The van der Waals surface area contributed by atoms with Gasteiger partial charge in [-0.1, -0.05) is 17.7 Å². The lowest BCUT2D eigenvalue weighted by Gasteiger charge is -2.27. The minimum Gasteiger partial charge on any atom is -0.307 e. The summed E-state index contributed by atoms with van der Waals surface area (Å²) in [5, 5.41) is 2.16. The van der Waals surface area contributed by atoms with Crippen LogP contribution in [0.25, 0.3) is 0 Å². The van der Waals surface area contributed by atoms with Crippen molar-refractivity contribution in [2.75, 3.05) is 16.5 Å². The van der Waals surface area contributed by atoms with Crippen LogP contribution in [0.3, 0.4) is 0 Å². The molecule has 0 saturated carbocycles. The third-order valence-corrected chi connectivity index (χ3v) is 9.19. The molecular formula is C21H15ClFN3O7S3. The molecule has 0 radical (unpaired) electrons. The van der Waals surface area contributed by atoms with Crippen molar-refractivity contribution in [3.8, 4) is 0 Å². The number of amides is 4. The van der Waals surface area contributed by atoms with Crippen LogP contribution in [0.1, 0.15) is 15.9 Å². The van der Waals surface area contributed by atoms with E-state index in [9.17, 15) is 35.6 Å². The molecule has 0 spiro atoms. The maximum Gasteiger partial charge on any atom is 0.333 e.